The molecule has 0 bridgehead atoms. The van der Waals surface area contributed by atoms with Gasteiger partial charge in [0.2, 0.25) is 0 Å². The molecule has 1 aromatic rings. The number of nitrogens with zero attached hydrogens (tertiary/aromatic N) is 1. The molecule has 2 N–H and O–H groups in total. The molecule has 0 aliphatic carbocycles. The molecule has 21 heavy (non-hydrogen) atoms. The maximum atomic E-state index is 13.0. The third-order valence-electron chi connectivity index (χ3n) is 3.78. The molecule has 1 aliphatic rings. The number of likely N-dealkylation sites (tertiary alicyclic amines) is 1. The standard InChI is InChI=1S/C14H16BrF3N2O/c1-13(19,14(16,17)18)12(21)20-7-3-6-11(20)9-4-2-5-10(15)8-9/h2,4-5,8,11H,3,6-7,19H2,1H3. The minimum atomic E-state index is -4.77. The van der Waals surface area contributed by atoms with Gasteiger partial charge in [0.25, 0.3) is 5.91 Å². The first kappa shape index (κ1) is 16.3. The average molecular weight is 365 g/mol. The van der Waals surface area contributed by atoms with Crippen molar-refractivity contribution in [2.24, 2.45) is 5.73 Å². The summed E-state index contributed by atoms with van der Waals surface area (Å²) in [5, 5.41) is 0. The molecule has 2 atom stereocenters. The fourth-order valence-corrected chi connectivity index (χ4v) is 2.91. The van der Waals surface area contributed by atoms with E-state index in [4.69, 9.17) is 5.73 Å². The van der Waals surface area contributed by atoms with Crippen LogP contribution in [0.2, 0.25) is 0 Å². The van der Waals surface area contributed by atoms with E-state index in [1.807, 2.05) is 18.2 Å². The maximum Gasteiger partial charge on any atom is 0.415 e. The van der Waals surface area contributed by atoms with Crippen LogP contribution in [0.3, 0.4) is 0 Å². The lowest BCUT2D eigenvalue weighted by Gasteiger charge is -2.34. The summed E-state index contributed by atoms with van der Waals surface area (Å²) in [5.74, 6) is -1.07. The van der Waals surface area contributed by atoms with Crippen LogP contribution in [0.1, 0.15) is 31.4 Å². The van der Waals surface area contributed by atoms with Gasteiger partial charge in [0, 0.05) is 11.0 Å². The van der Waals surface area contributed by atoms with Gasteiger partial charge in [-0.2, -0.15) is 13.2 Å². The Bertz CT molecular complexity index is 545. The predicted molar refractivity (Wildman–Crippen MR) is 76.5 cm³/mol. The van der Waals surface area contributed by atoms with Gasteiger partial charge < -0.3 is 10.6 Å². The second kappa shape index (κ2) is 5.61. The third kappa shape index (κ3) is 3.08. The lowest BCUT2D eigenvalue weighted by atomic mass is 9.98. The number of rotatable bonds is 2. The molecular weight excluding hydrogens is 349 g/mol. The molecule has 1 heterocycles. The third-order valence-corrected chi connectivity index (χ3v) is 4.27. The molecular formula is C14H16BrF3N2O. The Morgan fingerprint density at radius 2 is 2.10 bits per heavy atom. The van der Waals surface area contributed by atoms with E-state index in [1.165, 1.54) is 4.90 Å². The summed E-state index contributed by atoms with van der Waals surface area (Å²) in [6.07, 6.45) is -3.47. The zero-order valence-corrected chi connectivity index (χ0v) is 13.0. The van der Waals surface area contributed by atoms with E-state index in [0.717, 1.165) is 17.0 Å². The van der Waals surface area contributed by atoms with Crippen LogP contribution in [0, 0.1) is 0 Å². The molecule has 1 saturated heterocycles. The smallest absolute Gasteiger partial charge is 0.334 e. The second-order valence-electron chi connectivity index (χ2n) is 5.41. The van der Waals surface area contributed by atoms with Crippen molar-refractivity contribution in [2.75, 3.05) is 6.54 Å². The van der Waals surface area contributed by atoms with Crippen molar-refractivity contribution in [3.05, 3.63) is 34.3 Å². The Morgan fingerprint density at radius 1 is 1.43 bits per heavy atom. The van der Waals surface area contributed by atoms with E-state index >= 15 is 0 Å². The van der Waals surface area contributed by atoms with Crippen molar-refractivity contribution in [3.8, 4) is 0 Å². The van der Waals surface area contributed by atoms with Gasteiger partial charge in [0.1, 0.15) is 0 Å². The monoisotopic (exact) mass is 364 g/mol. The lowest BCUT2D eigenvalue weighted by molar-refractivity contribution is -0.194. The van der Waals surface area contributed by atoms with Gasteiger partial charge in [-0.1, -0.05) is 28.1 Å². The molecule has 2 unspecified atom stereocenters. The Labute approximate surface area is 129 Å². The van der Waals surface area contributed by atoms with Gasteiger partial charge in [-0.3, -0.25) is 4.79 Å². The van der Waals surface area contributed by atoms with Crippen molar-refractivity contribution in [1.82, 2.24) is 4.90 Å². The molecule has 1 aromatic carbocycles. The number of hydrogen-bond acceptors (Lipinski definition) is 2. The molecule has 0 saturated carbocycles. The molecule has 1 amide bonds. The molecule has 1 aliphatic heterocycles. The zero-order valence-electron chi connectivity index (χ0n) is 11.5. The van der Waals surface area contributed by atoms with Crippen molar-refractivity contribution < 1.29 is 18.0 Å². The predicted octanol–water partition coefficient (Wildman–Crippen LogP) is 3.39. The number of amides is 1. The van der Waals surface area contributed by atoms with Crippen molar-refractivity contribution in [1.29, 1.82) is 0 Å². The minimum Gasteiger partial charge on any atom is -0.334 e. The summed E-state index contributed by atoms with van der Waals surface area (Å²) < 4.78 is 39.7. The second-order valence-corrected chi connectivity index (χ2v) is 6.33. The highest BCUT2D eigenvalue weighted by Gasteiger charge is 2.56. The van der Waals surface area contributed by atoms with E-state index in [-0.39, 0.29) is 6.04 Å². The van der Waals surface area contributed by atoms with E-state index in [9.17, 15) is 18.0 Å². The Hall–Kier alpha value is -1.08. The Balaban J connectivity index is 2.29. The van der Waals surface area contributed by atoms with E-state index < -0.39 is 17.6 Å². The van der Waals surface area contributed by atoms with Gasteiger partial charge in [0.15, 0.2) is 5.54 Å². The first-order valence-electron chi connectivity index (χ1n) is 6.57. The van der Waals surface area contributed by atoms with Crippen LogP contribution in [0.4, 0.5) is 13.2 Å². The first-order chi connectivity index (χ1) is 9.64. The number of halogens is 4. The van der Waals surface area contributed by atoms with Crippen LogP contribution in [-0.2, 0) is 4.79 Å². The highest BCUT2D eigenvalue weighted by atomic mass is 79.9. The van der Waals surface area contributed by atoms with Crippen LogP contribution in [-0.4, -0.2) is 29.1 Å². The number of hydrogen-bond donors (Lipinski definition) is 1. The van der Waals surface area contributed by atoms with Crippen LogP contribution in [0.15, 0.2) is 28.7 Å². The number of alkyl halides is 3. The summed E-state index contributed by atoms with van der Waals surface area (Å²) in [6.45, 7) is 1.02. The topological polar surface area (TPSA) is 46.3 Å². The van der Waals surface area contributed by atoms with Gasteiger partial charge in [-0.25, -0.2) is 0 Å². The molecule has 0 spiro atoms. The molecule has 7 heteroatoms. The fourth-order valence-electron chi connectivity index (χ4n) is 2.49. The maximum absolute atomic E-state index is 13.0. The quantitative estimate of drug-likeness (QED) is 0.874. The minimum absolute atomic E-state index is 0.291. The SMILES string of the molecule is CC(N)(C(=O)N1CCCC1c1cccc(Br)c1)C(F)(F)F. The summed E-state index contributed by atoms with van der Waals surface area (Å²) >= 11 is 3.33. The van der Waals surface area contributed by atoms with E-state index in [0.29, 0.717) is 19.4 Å². The van der Waals surface area contributed by atoms with Crippen LogP contribution >= 0.6 is 15.9 Å². The van der Waals surface area contributed by atoms with E-state index in [2.05, 4.69) is 15.9 Å². The highest BCUT2D eigenvalue weighted by Crippen LogP contribution is 2.37. The fraction of sp³-hybridized carbons (Fsp3) is 0.500. The molecule has 3 nitrogen and oxygen atoms in total. The van der Waals surface area contributed by atoms with Crippen molar-refractivity contribution in [2.45, 2.75) is 37.5 Å². The first-order valence-corrected chi connectivity index (χ1v) is 7.36. The summed E-state index contributed by atoms with van der Waals surface area (Å²) in [6, 6.07) is 6.89. The normalized spacial score (nSPS) is 22.2. The Kier molecular flexibility index (Phi) is 4.35. The Morgan fingerprint density at radius 3 is 2.67 bits per heavy atom. The van der Waals surface area contributed by atoms with Crippen molar-refractivity contribution >= 4 is 21.8 Å². The van der Waals surface area contributed by atoms with Crippen LogP contribution in [0.25, 0.3) is 0 Å². The molecule has 116 valence electrons. The van der Waals surface area contributed by atoms with Gasteiger partial charge in [-0.15, -0.1) is 0 Å². The van der Waals surface area contributed by atoms with Crippen LogP contribution < -0.4 is 5.73 Å². The average Bonchev–Trinajstić information content (AvgIpc) is 2.85. The summed E-state index contributed by atoms with van der Waals surface area (Å²) in [7, 11) is 0. The van der Waals surface area contributed by atoms with Gasteiger partial charge in [0.05, 0.1) is 6.04 Å². The molecule has 0 aromatic heterocycles. The molecule has 2 rings (SSSR count). The molecule has 1 fully saturated rings. The van der Waals surface area contributed by atoms with Crippen LogP contribution in [0.5, 0.6) is 0 Å². The van der Waals surface area contributed by atoms with Gasteiger partial charge in [-0.05, 0) is 37.5 Å². The number of carbonyl (C=O) groups is 1. The number of benzene rings is 1. The summed E-state index contributed by atoms with van der Waals surface area (Å²) in [4.78, 5) is 13.5. The zero-order chi connectivity index (χ0) is 15.8. The number of carbonyl (C=O) groups excluding carboxylic acids is 1. The molecule has 0 radical (unpaired) electrons. The number of nitrogens with two attached hydrogens (primary N) is 1. The van der Waals surface area contributed by atoms with E-state index in [1.54, 1.807) is 6.07 Å². The highest BCUT2D eigenvalue weighted by molar-refractivity contribution is 9.10. The summed E-state index contributed by atoms with van der Waals surface area (Å²) in [5.41, 5.74) is 3.22. The van der Waals surface area contributed by atoms with Crippen molar-refractivity contribution in [3.63, 3.8) is 0 Å². The largest absolute Gasteiger partial charge is 0.415 e. The lowest BCUT2D eigenvalue weighted by Crippen LogP contribution is -2.62. The van der Waals surface area contributed by atoms with Gasteiger partial charge >= 0.3 is 6.18 Å².